The van der Waals surface area contributed by atoms with E-state index >= 15 is 0 Å². The van der Waals surface area contributed by atoms with Gasteiger partial charge in [-0.2, -0.15) is 0 Å². The van der Waals surface area contributed by atoms with Gasteiger partial charge in [0.1, 0.15) is 0 Å². The lowest BCUT2D eigenvalue weighted by Gasteiger charge is -2.13. The van der Waals surface area contributed by atoms with E-state index in [1.165, 1.54) is 22.1 Å². The first-order chi connectivity index (χ1) is 10.1. The molecular formula is C12H11BrN2O5S. The Bertz CT molecular complexity index is 767. The number of hydrogen-bond acceptors (Lipinski definition) is 6. The molecule has 0 radical (unpaired) electrons. The highest BCUT2D eigenvalue weighted by Gasteiger charge is 2.28. The second kappa shape index (κ2) is 5.85. The number of aromatic amines is 1. The SMILES string of the molecule is O=c1[nH]c(=O)n([C@@H]2CO[C@H](CO)O2)cc1-c1ccc(Br)s1. The van der Waals surface area contributed by atoms with Crippen molar-refractivity contribution in [2.45, 2.75) is 12.5 Å². The van der Waals surface area contributed by atoms with E-state index in [0.29, 0.717) is 5.56 Å². The lowest BCUT2D eigenvalue weighted by atomic mass is 10.3. The standard InChI is InChI=1S/C12H11BrN2O5S/c13-8-2-1-7(21-8)6-3-15(12(18)14-11(6)17)9-5-19-10(4-16)20-9/h1-3,9-10,16H,4-5H2,(H,14,17,18)/t9-,10-/m0/s1. The first-order valence-corrected chi connectivity index (χ1v) is 7.68. The number of nitrogens with zero attached hydrogens (tertiary/aromatic N) is 1. The summed E-state index contributed by atoms with van der Waals surface area (Å²) in [5.41, 5.74) is -0.656. The Kier molecular flexibility index (Phi) is 4.09. The van der Waals surface area contributed by atoms with Crippen LogP contribution in [-0.4, -0.2) is 34.2 Å². The Morgan fingerprint density at radius 1 is 1.48 bits per heavy atom. The molecule has 0 bridgehead atoms. The third-order valence-electron chi connectivity index (χ3n) is 3.00. The molecule has 0 spiro atoms. The van der Waals surface area contributed by atoms with Gasteiger partial charge in [0.25, 0.3) is 5.56 Å². The molecule has 3 rings (SSSR count). The van der Waals surface area contributed by atoms with E-state index in [4.69, 9.17) is 14.6 Å². The maximum Gasteiger partial charge on any atom is 0.330 e. The third kappa shape index (κ3) is 2.87. The lowest BCUT2D eigenvalue weighted by molar-refractivity contribution is -0.0992. The summed E-state index contributed by atoms with van der Waals surface area (Å²) >= 11 is 4.72. The van der Waals surface area contributed by atoms with Crippen molar-refractivity contribution >= 4 is 27.3 Å². The molecule has 0 unspecified atom stereocenters. The molecule has 7 nitrogen and oxygen atoms in total. The fourth-order valence-corrected chi connectivity index (χ4v) is 3.41. The number of nitrogens with one attached hydrogen (secondary N) is 1. The Labute approximate surface area is 130 Å². The Hall–Kier alpha value is -1.26. The summed E-state index contributed by atoms with van der Waals surface area (Å²) in [4.78, 5) is 26.9. The molecule has 3 heterocycles. The summed E-state index contributed by atoms with van der Waals surface area (Å²) in [6.07, 6.45) is 0.0227. The molecule has 2 aromatic rings. The molecule has 1 fully saturated rings. The summed E-state index contributed by atoms with van der Waals surface area (Å²) < 4.78 is 12.7. The predicted molar refractivity (Wildman–Crippen MR) is 79.3 cm³/mol. The van der Waals surface area contributed by atoms with Gasteiger partial charge in [0.05, 0.1) is 22.6 Å². The average molecular weight is 375 g/mol. The van der Waals surface area contributed by atoms with Gasteiger partial charge in [-0.15, -0.1) is 11.3 Å². The third-order valence-corrected chi connectivity index (χ3v) is 4.66. The zero-order valence-corrected chi connectivity index (χ0v) is 13.0. The van der Waals surface area contributed by atoms with E-state index in [2.05, 4.69) is 20.9 Å². The Morgan fingerprint density at radius 2 is 2.29 bits per heavy atom. The van der Waals surface area contributed by atoms with Crippen LogP contribution in [0.5, 0.6) is 0 Å². The van der Waals surface area contributed by atoms with Crippen LogP contribution >= 0.6 is 27.3 Å². The molecule has 0 aliphatic carbocycles. The van der Waals surface area contributed by atoms with Crippen molar-refractivity contribution in [2.75, 3.05) is 13.2 Å². The van der Waals surface area contributed by atoms with Gasteiger partial charge in [-0.3, -0.25) is 14.3 Å². The molecule has 2 aromatic heterocycles. The number of hydrogen-bond donors (Lipinski definition) is 2. The van der Waals surface area contributed by atoms with Gasteiger partial charge >= 0.3 is 5.69 Å². The highest BCUT2D eigenvalue weighted by atomic mass is 79.9. The zero-order chi connectivity index (χ0) is 15.0. The van der Waals surface area contributed by atoms with Crippen LogP contribution in [0.15, 0.2) is 31.7 Å². The first-order valence-electron chi connectivity index (χ1n) is 6.07. The van der Waals surface area contributed by atoms with Crippen LogP contribution in [0.2, 0.25) is 0 Å². The number of aromatic nitrogens is 2. The molecule has 0 aromatic carbocycles. The van der Waals surface area contributed by atoms with Gasteiger partial charge in [0.15, 0.2) is 12.5 Å². The van der Waals surface area contributed by atoms with Crippen molar-refractivity contribution < 1.29 is 14.6 Å². The Morgan fingerprint density at radius 3 is 2.90 bits per heavy atom. The van der Waals surface area contributed by atoms with Gasteiger partial charge in [-0.05, 0) is 28.1 Å². The van der Waals surface area contributed by atoms with Crippen LogP contribution in [0, 0.1) is 0 Å². The van der Waals surface area contributed by atoms with Crippen LogP contribution in [0.3, 0.4) is 0 Å². The predicted octanol–water partition coefficient (Wildman–Crippen LogP) is 0.891. The molecule has 0 saturated carbocycles. The summed E-state index contributed by atoms with van der Waals surface area (Å²) in [5.74, 6) is 0. The number of thiophene rings is 1. The number of H-pyrrole nitrogens is 1. The second-order valence-corrected chi connectivity index (χ2v) is 6.81. The van der Waals surface area contributed by atoms with E-state index < -0.39 is 23.8 Å². The van der Waals surface area contributed by atoms with Crippen molar-refractivity contribution in [1.82, 2.24) is 9.55 Å². The molecule has 2 N–H and O–H groups in total. The minimum absolute atomic E-state index is 0.130. The number of rotatable bonds is 3. The smallest absolute Gasteiger partial charge is 0.330 e. The Balaban J connectivity index is 2.02. The maximum absolute atomic E-state index is 11.9. The molecule has 9 heteroatoms. The number of halogens is 1. The van der Waals surface area contributed by atoms with Gasteiger partial charge in [-0.1, -0.05) is 0 Å². The van der Waals surface area contributed by atoms with E-state index in [0.717, 1.165) is 8.66 Å². The molecule has 2 atom stereocenters. The summed E-state index contributed by atoms with van der Waals surface area (Å²) in [6.45, 7) is -0.163. The molecular weight excluding hydrogens is 364 g/mol. The number of ether oxygens (including phenoxy) is 2. The summed E-state index contributed by atoms with van der Waals surface area (Å²) in [6, 6.07) is 3.61. The van der Waals surface area contributed by atoms with E-state index in [-0.39, 0.29) is 13.2 Å². The van der Waals surface area contributed by atoms with E-state index in [1.807, 2.05) is 6.07 Å². The highest BCUT2D eigenvalue weighted by molar-refractivity contribution is 9.11. The topological polar surface area (TPSA) is 93.6 Å². The fraction of sp³-hybridized carbons (Fsp3) is 0.333. The van der Waals surface area contributed by atoms with Crippen LogP contribution in [-0.2, 0) is 9.47 Å². The van der Waals surface area contributed by atoms with Crippen molar-refractivity contribution in [3.05, 3.63) is 43.0 Å². The first kappa shape index (κ1) is 14.7. The minimum Gasteiger partial charge on any atom is -0.391 e. The lowest BCUT2D eigenvalue weighted by Crippen LogP contribution is -2.33. The number of aliphatic hydroxyl groups is 1. The fourth-order valence-electron chi connectivity index (χ4n) is 2.02. The second-order valence-electron chi connectivity index (χ2n) is 4.35. The molecule has 1 aliphatic rings. The average Bonchev–Trinajstić information content (AvgIpc) is 3.08. The van der Waals surface area contributed by atoms with Gasteiger partial charge < -0.3 is 14.6 Å². The zero-order valence-electron chi connectivity index (χ0n) is 10.6. The highest BCUT2D eigenvalue weighted by Crippen LogP contribution is 2.29. The van der Waals surface area contributed by atoms with Crippen LogP contribution in [0.25, 0.3) is 10.4 Å². The molecule has 0 amide bonds. The van der Waals surface area contributed by atoms with Gasteiger partial charge in [-0.25, -0.2) is 4.79 Å². The largest absolute Gasteiger partial charge is 0.391 e. The summed E-state index contributed by atoms with van der Waals surface area (Å²) in [7, 11) is 0. The van der Waals surface area contributed by atoms with Gasteiger partial charge in [0, 0.05) is 11.1 Å². The molecule has 1 saturated heterocycles. The van der Waals surface area contributed by atoms with Crippen molar-refractivity contribution in [3.8, 4) is 10.4 Å². The van der Waals surface area contributed by atoms with E-state index in [9.17, 15) is 9.59 Å². The van der Waals surface area contributed by atoms with Crippen molar-refractivity contribution in [2.24, 2.45) is 0 Å². The van der Waals surface area contributed by atoms with E-state index in [1.54, 1.807) is 6.07 Å². The van der Waals surface area contributed by atoms with Crippen LogP contribution in [0.1, 0.15) is 6.23 Å². The number of aliphatic hydroxyl groups excluding tert-OH is 1. The quantitative estimate of drug-likeness (QED) is 0.831. The monoisotopic (exact) mass is 374 g/mol. The van der Waals surface area contributed by atoms with Crippen LogP contribution in [0.4, 0.5) is 0 Å². The van der Waals surface area contributed by atoms with Crippen molar-refractivity contribution in [3.63, 3.8) is 0 Å². The van der Waals surface area contributed by atoms with Gasteiger partial charge in [0.2, 0.25) is 0 Å². The summed E-state index contributed by atoms with van der Waals surface area (Å²) in [5, 5.41) is 8.98. The van der Waals surface area contributed by atoms with Crippen LogP contribution < -0.4 is 11.2 Å². The molecule has 112 valence electrons. The maximum atomic E-state index is 11.9. The minimum atomic E-state index is -0.756. The normalized spacial score (nSPS) is 21.8. The molecule has 21 heavy (non-hydrogen) atoms. The van der Waals surface area contributed by atoms with Crippen molar-refractivity contribution in [1.29, 1.82) is 0 Å². The molecule has 1 aliphatic heterocycles.